The number of hydrogen-bond donors (Lipinski definition) is 1. The van der Waals surface area contributed by atoms with E-state index in [2.05, 4.69) is 11.7 Å². The number of phenolic OH excluding ortho intramolecular Hbond substituents is 1. The van der Waals surface area contributed by atoms with E-state index in [0.717, 1.165) is 0 Å². The molecule has 0 aliphatic carbocycles. The average molecular weight is 338 g/mol. The Labute approximate surface area is 137 Å². The minimum atomic E-state index is -0.217. The van der Waals surface area contributed by atoms with Crippen molar-refractivity contribution in [1.82, 2.24) is 9.78 Å². The van der Waals surface area contributed by atoms with E-state index in [9.17, 15) is 9.90 Å². The van der Waals surface area contributed by atoms with E-state index in [1.54, 1.807) is 23.5 Å². The van der Waals surface area contributed by atoms with Crippen LogP contribution < -0.4 is 4.90 Å². The van der Waals surface area contributed by atoms with Crippen molar-refractivity contribution in [3.8, 4) is 5.75 Å². The van der Waals surface area contributed by atoms with Crippen molar-refractivity contribution in [2.45, 2.75) is 12.3 Å². The van der Waals surface area contributed by atoms with Crippen molar-refractivity contribution in [1.29, 1.82) is 0 Å². The third-order valence-electron chi connectivity index (χ3n) is 3.73. The molecule has 7 heteroatoms. The van der Waals surface area contributed by atoms with Crippen LogP contribution in [0.4, 0.5) is 5.69 Å². The second-order valence-electron chi connectivity index (χ2n) is 5.06. The predicted octanol–water partition coefficient (Wildman–Crippen LogP) is 3.52. The van der Waals surface area contributed by atoms with Crippen molar-refractivity contribution >= 4 is 41.0 Å². The molecule has 3 rings (SSSR count). The van der Waals surface area contributed by atoms with Gasteiger partial charge in [0.25, 0.3) is 0 Å². The lowest BCUT2D eigenvalue weighted by Crippen LogP contribution is -2.23. The van der Waals surface area contributed by atoms with Crippen molar-refractivity contribution < 1.29 is 9.90 Å². The SMILES string of the molecule is C=Cn1cc(N2CC(c3c(O)ccc(Cl)c3Cl)CC2=O)cn1. The molecule has 114 valence electrons. The molecule has 1 amide bonds. The molecule has 1 fully saturated rings. The monoisotopic (exact) mass is 337 g/mol. The fourth-order valence-electron chi connectivity index (χ4n) is 2.66. The summed E-state index contributed by atoms with van der Waals surface area (Å²) in [6.07, 6.45) is 5.11. The molecule has 0 radical (unpaired) electrons. The Balaban J connectivity index is 1.92. The van der Waals surface area contributed by atoms with Crippen LogP contribution in [0.1, 0.15) is 17.9 Å². The molecule has 2 aromatic rings. The molecule has 0 bridgehead atoms. The minimum Gasteiger partial charge on any atom is -0.508 e. The van der Waals surface area contributed by atoms with Crippen LogP contribution in [0.25, 0.3) is 6.20 Å². The van der Waals surface area contributed by atoms with Crippen LogP contribution in [-0.4, -0.2) is 27.3 Å². The number of amides is 1. The normalized spacial score (nSPS) is 18.0. The summed E-state index contributed by atoms with van der Waals surface area (Å²) < 4.78 is 1.53. The molecule has 22 heavy (non-hydrogen) atoms. The highest BCUT2D eigenvalue weighted by Crippen LogP contribution is 2.42. The zero-order chi connectivity index (χ0) is 15.9. The van der Waals surface area contributed by atoms with Crippen LogP contribution in [0.15, 0.2) is 31.1 Å². The second kappa shape index (κ2) is 5.66. The van der Waals surface area contributed by atoms with E-state index in [0.29, 0.717) is 27.8 Å². The average Bonchev–Trinajstić information content (AvgIpc) is 3.10. The Morgan fingerprint density at radius 3 is 2.86 bits per heavy atom. The Hall–Kier alpha value is -1.98. The topological polar surface area (TPSA) is 58.4 Å². The van der Waals surface area contributed by atoms with Crippen LogP contribution in [0.3, 0.4) is 0 Å². The molecule has 2 heterocycles. The van der Waals surface area contributed by atoms with Crippen LogP contribution in [0.2, 0.25) is 10.0 Å². The third kappa shape index (κ3) is 2.46. The number of carbonyl (C=O) groups excluding carboxylic acids is 1. The first-order chi connectivity index (χ1) is 10.5. The summed E-state index contributed by atoms with van der Waals surface area (Å²) >= 11 is 12.2. The largest absolute Gasteiger partial charge is 0.508 e. The lowest BCUT2D eigenvalue weighted by Gasteiger charge is -2.16. The standard InChI is InChI=1S/C15H13Cl2N3O2/c1-2-19-8-10(6-18-19)20-7-9(5-13(20)22)14-12(21)4-3-11(16)15(14)17/h2-4,6,8-9,21H,1,5,7H2. The van der Waals surface area contributed by atoms with E-state index in [4.69, 9.17) is 23.2 Å². The highest BCUT2D eigenvalue weighted by atomic mass is 35.5. The van der Waals surface area contributed by atoms with Gasteiger partial charge in [0, 0.05) is 30.6 Å². The van der Waals surface area contributed by atoms with Gasteiger partial charge in [0.05, 0.1) is 28.1 Å². The van der Waals surface area contributed by atoms with Crippen LogP contribution in [0, 0.1) is 0 Å². The van der Waals surface area contributed by atoms with Gasteiger partial charge in [-0.2, -0.15) is 5.10 Å². The molecule has 1 aromatic heterocycles. The van der Waals surface area contributed by atoms with Crippen LogP contribution in [0.5, 0.6) is 5.75 Å². The zero-order valence-corrected chi connectivity index (χ0v) is 13.1. The van der Waals surface area contributed by atoms with E-state index >= 15 is 0 Å². The molecule has 1 saturated heterocycles. The van der Waals surface area contributed by atoms with Gasteiger partial charge in [-0.05, 0) is 12.1 Å². The maximum absolute atomic E-state index is 12.3. The number of aromatic hydroxyl groups is 1. The van der Waals surface area contributed by atoms with Crippen LogP contribution >= 0.6 is 23.2 Å². The Morgan fingerprint density at radius 2 is 2.18 bits per heavy atom. The van der Waals surface area contributed by atoms with Crippen molar-refractivity contribution in [3.05, 3.63) is 46.7 Å². The van der Waals surface area contributed by atoms with Crippen molar-refractivity contribution in [3.63, 3.8) is 0 Å². The molecule has 5 nitrogen and oxygen atoms in total. The number of nitrogens with zero attached hydrogens (tertiary/aromatic N) is 3. The molecule has 1 unspecified atom stereocenters. The highest BCUT2D eigenvalue weighted by molar-refractivity contribution is 6.42. The molecule has 0 spiro atoms. The first-order valence-corrected chi connectivity index (χ1v) is 7.40. The summed E-state index contributed by atoms with van der Waals surface area (Å²) in [5, 5.41) is 14.8. The lowest BCUT2D eigenvalue weighted by atomic mass is 9.97. The number of rotatable bonds is 3. The summed E-state index contributed by atoms with van der Waals surface area (Å²) in [4.78, 5) is 13.9. The minimum absolute atomic E-state index is 0.0517. The van der Waals surface area contributed by atoms with E-state index in [-0.39, 0.29) is 24.0 Å². The first kappa shape index (κ1) is 14.9. The summed E-state index contributed by atoms with van der Waals surface area (Å²) in [7, 11) is 0. The van der Waals surface area contributed by atoms with Gasteiger partial charge in [0.2, 0.25) is 5.91 Å². The van der Waals surface area contributed by atoms with Gasteiger partial charge in [-0.25, -0.2) is 4.68 Å². The number of phenols is 1. The molecule has 1 aromatic carbocycles. The lowest BCUT2D eigenvalue weighted by molar-refractivity contribution is -0.117. The maximum Gasteiger partial charge on any atom is 0.227 e. The second-order valence-corrected chi connectivity index (χ2v) is 5.85. The summed E-state index contributed by atoms with van der Waals surface area (Å²) in [5.41, 5.74) is 1.20. The van der Waals surface area contributed by atoms with Gasteiger partial charge in [0.1, 0.15) is 5.75 Å². The molecule has 0 saturated carbocycles. The number of aromatic nitrogens is 2. The number of hydrogen-bond acceptors (Lipinski definition) is 3. The Morgan fingerprint density at radius 1 is 1.41 bits per heavy atom. The third-order valence-corrected chi connectivity index (χ3v) is 4.55. The van der Waals surface area contributed by atoms with E-state index in [1.807, 2.05) is 0 Å². The van der Waals surface area contributed by atoms with Gasteiger partial charge >= 0.3 is 0 Å². The molecule has 1 aliphatic heterocycles. The van der Waals surface area contributed by atoms with E-state index in [1.165, 1.54) is 16.8 Å². The zero-order valence-electron chi connectivity index (χ0n) is 11.5. The fourth-order valence-corrected chi connectivity index (χ4v) is 3.14. The van der Waals surface area contributed by atoms with Gasteiger partial charge in [0.15, 0.2) is 0 Å². The number of halogens is 2. The molecular weight excluding hydrogens is 325 g/mol. The maximum atomic E-state index is 12.3. The summed E-state index contributed by atoms with van der Waals surface area (Å²) in [6.45, 7) is 4.03. The van der Waals surface area contributed by atoms with Gasteiger partial charge in [-0.3, -0.25) is 4.79 Å². The van der Waals surface area contributed by atoms with Crippen molar-refractivity contribution in [2.24, 2.45) is 0 Å². The smallest absolute Gasteiger partial charge is 0.227 e. The number of benzene rings is 1. The van der Waals surface area contributed by atoms with Gasteiger partial charge in [-0.1, -0.05) is 29.8 Å². The Kier molecular flexibility index (Phi) is 3.85. The summed E-state index contributed by atoms with van der Waals surface area (Å²) in [6, 6.07) is 3.03. The number of anilines is 1. The predicted molar refractivity (Wildman–Crippen MR) is 86.5 cm³/mol. The van der Waals surface area contributed by atoms with E-state index < -0.39 is 0 Å². The molecule has 1 atom stereocenters. The summed E-state index contributed by atoms with van der Waals surface area (Å²) in [5.74, 6) is -0.217. The van der Waals surface area contributed by atoms with Crippen molar-refractivity contribution in [2.75, 3.05) is 11.4 Å². The Bertz CT molecular complexity index is 757. The quantitative estimate of drug-likeness (QED) is 0.932. The van der Waals surface area contributed by atoms with Gasteiger partial charge in [-0.15, -0.1) is 0 Å². The van der Waals surface area contributed by atoms with Gasteiger partial charge < -0.3 is 10.0 Å². The first-order valence-electron chi connectivity index (χ1n) is 6.65. The number of carbonyl (C=O) groups is 1. The fraction of sp³-hybridized carbons (Fsp3) is 0.200. The molecule has 1 N–H and O–H groups in total. The molecular formula is C15H13Cl2N3O2. The molecule has 1 aliphatic rings. The van der Waals surface area contributed by atoms with Crippen LogP contribution in [-0.2, 0) is 4.79 Å². The highest BCUT2D eigenvalue weighted by Gasteiger charge is 2.35.